The number of aryl methyl sites for hydroxylation is 1. The van der Waals surface area contributed by atoms with Crippen molar-refractivity contribution in [2.45, 2.75) is 19.4 Å². The van der Waals surface area contributed by atoms with Gasteiger partial charge in [-0.2, -0.15) is 5.10 Å². The monoisotopic (exact) mass is 422 g/mol. The minimum absolute atomic E-state index is 0.0167. The summed E-state index contributed by atoms with van der Waals surface area (Å²) < 4.78 is 1.85. The second-order valence-electron chi connectivity index (χ2n) is 7.20. The molecule has 0 atom stereocenters. The fraction of sp³-hybridized carbons (Fsp3) is 0.227. The molecule has 5 rings (SSSR count). The molecule has 0 fully saturated rings. The zero-order chi connectivity index (χ0) is 20.0. The van der Waals surface area contributed by atoms with Crippen LogP contribution in [-0.2, 0) is 26.4 Å². The van der Waals surface area contributed by atoms with Gasteiger partial charge in [-0.1, -0.05) is 41.9 Å². The highest BCUT2D eigenvalue weighted by Gasteiger charge is 2.21. The van der Waals surface area contributed by atoms with Crippen LogP contribution < -0.4 is 5.32 Å². The number of rotatable bonds is 4. The molecule has 0 aliphatic carbocycles. The Morgan fingerprint density at radius 2 is 2.07 bits per heavy atom. The van der Waals surface area contributed by atoms with Crippen molar-refractivity contribution < 1.29 is 4.79 Å². The summed E-state index contributed by atoms with van der Waals surface area (Å²) >= 11 is 8.27. The number of carbonyl (C=O) groups excluding carboxylic acids is 1. The van der Waals surface area contributed by atoms with E-state index in [9.17, 15) is 4.79 Å². The van der Waals surface area contributed by atoms with Crippen molar-refractivity contribution in [2.24, 2.45) is 7.05 Å². The number of nitrogens with one attached hydrogen (secondary N) is 1. The summed E-state index contributed by atoms with van der Waals surface area (Å²) in [6.07, 6.45) is 2.98. The Morgan fingerprint density at radius 3 is 2.93 bits per heavy atom. The molecule has 2 aromatic carbocycles. The topological polar surface area (TPSA) is 59.8 Å². The first-order valence-corrected chi connectivity index (χ1v) is 10.7. The van der Waals surface area contributed by atoms with Crippen LogP contribution in [0.5, 0.6) is 0 Å². The number of Topliss-reactive ketones (excluding diaryl/α,β-unsaturated/α-hetero) is 1. The minimum Gasteiger partial charge on any atom is -0.311 e. The number of nitrogens with zero attached hydrogens (tertiary/aromatic N) is 3. The van der Waals surface area contributed by atoms with Gasteiger partial charge in [-0.25, -0.2) is 4.98 Å². The van der Waals surface area contributed by atoms with E-state index < -0.39 is 0 Å². The Labute approximate surface area is 177 Å². The molecule has 0 spiro atoms. The van der Waals surface area contributed by atoms with E-state index in [2.05, 4.69) is 15.4 Å². The lowest BCUT2D eigenvalue weighted by Gasteiger charge is -2.10. The van der Waals surface area contributed by atoms with Crippen LogP contribution in [0.15, 0.2) is 42.6 Å². The van der Waals surface area contributed by atoms with Gasteiger partial charge in [-0.05, 0) is 17.2 Å². The summed E-state index contributed by atoms with van der Waals surface area (Å²) in [6, 6.07) is 11.9. The molecule has 0 unspecified atom stereocenters. The Balaban J connectivity index is 1.49. The normalized spacial score (nSPS) is 13.6. The molecular weight excluding hydrogens is 404 g/mol. The molecule has 4 aromatic rings. The summed E-state index contributed by atoms with van der Waals surface area (Å²) in [7, 11) is 1.92. The lowest BCUT2D eigenvalue weighted by Crippen LogP contribution is -2.22. The van der Waals surface area contributed by atoms with E-state index in [4.69, 9.17) is 11.6 Å². The number of halogens is 1. The molecule has 1 N–H and O–H groups in total. The highest BCUT2D eigenvalue weighted by molar-refractivity contribution is 7.13. The smallest absolute Gasteiger partial charge is 0.195 e. The van der Waals surface area contributed by atoms with E-state index in [-0.39, 0.29) is 12.2 Å². The molecular formula is C22H19ClN4OS. The van der Waals surface area contributed by atoms with Gasteiger partial charge < -0.3 is 5.32 Å². The van der Waals surface area contributed by atoms with Crippen LogP contribution in [0.1, 0.15) is 25.9 Å². The van der Waals surface area contributed by atoms with E-state index in [1.165, 1.54) is 16.2 Å². The molecule has 29 heavy (non-hydrogen) atoms. The molecule has 0 saturated carbocycles. The quantitative estimate of drug-likeness (QED) is 0.494. The van der Waals surface area contributed by atoms with E-state index in [1.54, 1.807) is 0 Å². The lowest BCUT2D eigenvalue weighted by molar-refractivity contribution is 0.0992. The van der Waals surface area contributed by atoms with Gasteiger partial charge in [0.25, 0.3) is 0 Å². The standard InChI is InChI=1S/C22H19ClN4OS/c1-27-18-7-3-5-14(16(18)11-25-27)15-6-2-4-13(21(15)23)10-19(28)22-26-17-8-9-24-12-20(17)29-22/h2-7,11,24H,8-10,12H2,1H3. The summed E-state index contributed by atoms with van der Waals surface area (Å²) in [5.74, 6) is 0.0167. The van der Waals surface area contributed by atoms with Crippen LogP contribution in [0.3, 0.4) is 0 Å². The number of aromatic nitrogens is 3. The van der Waals surface area contributed by atoms with Gasteiger partial charge in [0.2, 0.25) is 0 Å². The molecule has 0 saturated heterocycles. The second-order valence-corrected chi connectivity index (χ2v) is 8.66. The first kappa shape index (κ1) is 18.5. The van der Waals surface area contributed by atoms with Crippen LogP contribution >= 0.6 is 22.9 Å². The fourth-order valence-electron chi connectivity index (χ4n) is 3.83. The van der Waals surface area contributed by atoms with Crippen molar-refractivity contribution in [2.75, 3.05) is 6.54 Å². The van der Waals surface area contributed by atoms with Gasteiger partial charge in [-0.15, -0.1) is 11.3 Å². The molecule has 0 radical (unpaired) electrons. The maximum Gasteiger partial charge on any atom is 0.195 e. The zero-order valence-corrected chi connectivity index (χ0v) is 17.5. The van der Waals surface area contributed by atoms with Crippen molar-refractivity contribution in [3.8, 4) is 11.1 Å². The number of carbonyl (C=O) groups is 1. The Kier molecular flexibility index (Phi) is 4.70. The third-order valence-electron chi connectivity index (χ3n) is 5.35. The van der Waals surface area contributed by atoms with E-state index >= 15 is 0 Å². The molecule has 2 aromatic heterocycles. The Hall–Kier alpha value is -2.54. The molecule has 0 bridgehead atoms. The van der Waals surface area contributed by atoms with Crippen molar-refractivity contribution in [3.05, 3.63) is 68.8 Å². The number of thiazole rings is 1. The highest BCUT2D eigenvalue weighted by Crippen LogP contribution is 2.36. The zero-order valence-electron chi connectivity index (χ0n) is 15.9. The summed E-state index contributed by atoms with van der Waals surface area (Å²) in [4.78, 5) is 18.6. The van der Waals surface area contributed by atoms with Crippen LogP contribution in [0.2, 0.25) is 5.02 Å². The molecule has 1 aliphatic heterocycles. The predicted octanol–water partition coefficient (Wildman–Crippen LogP) is 4.42. The molecule has 7 heteroatoms. The van der Waals surface area contributed by atoms with Gasteiger partial charge in [0, 0.05) is 48.8 Å². The first-order chi connectivity index (χ1) is 14.1. The largest absolute Gasteiger partial charge is 0.311 e. The van der Waals surface area contributed by atoms with Crippen molar-refractivity contribution >= 4 is 39.6 Å². The number of benzene rings is 2. The molecule has 1 aliphatic rings. The number of hydrogen-bond donors (Lipinski definition) is 1. The van der Waals surface area contributed by atoms with Gasteiger partial charge >= 0.3 is 0 Å². The van der Waals surface area contributed by atoms with E-state index in [1.807, 2.05) is 54.3 Å². The number of fused-ring (bicyclic) bond motifs is 2. The third-order valence-corrected chi connectivity index (χ3v) is 6.94. The highest BCUT2D eigenvalue weighted by atomic mass is 35.5. The fourth-order valence-corrected chi connectivity index (χ4v) is 5.14. The van der Waals surface area contributed by atoms with Crippen LogP contribution in [0.25, 0.3) is 22.0 Å². The van der Waals surface area contributed by atoms with Gasteiger partial charge in [0.15, 0.2) is 10.8 Å². The first-order valence-electron chi connectivity index (χ1n) is 9.53. The molecule has 3 heterocycles. The van der Waals surface area contributed by atoms with Crippen molar-refractivity contribution in [3.63, 3.8) is 0 Å². The summed E-state index contributed by atoms with van der Waals surface area (Å²) in [5.41, 5.74) is 4.85. The average Bonchev–Trinajstić information content (AvgIpc) is 3.34. The van der Waals surface area contributed by atoms with Crippen LogP contribution in [0, 0.1) is 0 Å². The maximum atomic E-state index is 12.9. The second kappa shape index (κ2) is 7.37. The van der Waals surface area contributed by atoms with E-state index in [0.29, 0.717) is 10.0 Å². The SMILES string of the molecule is Cn1ncc2c(-c3cccc(CC(=O)c4nc5c(s4)CNCC5)c3Cl)cccc21. The lowest BCUT2D eigenvalue weighted by atomic mass is 9.98. The Bertz CT molecular complexity index is 1220. The molecule has 5 nitrogen and oxygen atoms in total. The van der Waals surface area contributed by atoms with Crippen molar-refractivity contribution in [1.82, 2.24) is 20.1 Å². The van der Waals surface area contributed by atoms with Crippen LogP contribution in [0.4, 0.5) is 0 Å². The average molecular weight is 423 g/mol. The number of ketones is 1. The molecule has 0 amide bonds. The van der Waals surface area contributed by atoms with E-state index in [0.717, 1.165) is 52.8 Å². The Morgan fingerprint density at radius 1 is 1.24 bits per heavy atom. The summed E-state index contributed by atoms with van der Waals surface area (Å²) in [6.45, 7) is 1.71. The number of hydrogen-bond acceptors (Lipinski definition) is 5. The van der Waals surface area contributed by atoms with Crippen LogP contribution in [-0.4, -0.2) is 27.1 Å². The van der Waals surface area contributed by atoms with Crippen molar-refractivity contribution in [1.29, 1.82) is 0 Å². The third kappa shape index (κ3) is 3.27. The van der Waals surface area contributed by atoms with Gasteiger partial charge in [0.1, 0.15) is 0 Å². The predicted molar refractivity (Wildman–Crippen MR) is 117 cm³/mol. The molecule has 146 valence electrons. The maximum absolute atomic E-state index is 12.9. The van der Waals surface area contributed by atoms with Gasteiger partial charge in [0.05, 0.1) is 22.4 Å². The summed E-state index contributed by atoms with van der Waals surface area (Å²) in [5, 5.41) is 9.92. The minimum atomic E-state index is 0.0167. The van der Waals surface area contributed by atoms with Gasteiger partial charge in [-0.3, -0.25) is 9.48 Å².